The Morgan fingerprint density at radius 2 is 1.96 bits per heavy atom. The van der Waals surface area contributed by atoms with Gasteiger partial charge in [0.05, 0.1) is 0 Å². The van der Waals surface area contributed by atoms with Crippen molar-refractivity contribution < 1.29 is 4.79 Å². The van der Waals surface area contributed by atoms with Crippen molar-refractivity contribution in [1.29, 1.82) is 0 Å². The number of nitrogens with zero attached hydrogens (tertiary/aromatic N) is 3. The van der Waals surface area contributed by atoms with Crippen LogP contribution in [-0.2, 0) is 6.42 Å². The number of nitrogens with one attached hydrogen (secondary N) is 1. The fourth-order valence-corrected chi connectivity index (χ4v) is 3.72. The lowest BCUT2D eigenvalue weighted by molar-refractivity contribution is 0.0827. The van der Waals surface area contributed by atoms with E-state index in [1.54, 1.807) is 19.0 Å². The number of benzene rings is 2. The topological polar surface area (TPSA) is 47.9 Å². The van der Waals surface area contributed by atoms with Crippen LogP contribution in [-0.4, -0.2) is 62.4 Å². The molecule has 148 valence electrons. The summed E-state index contributed by atoms with van der Waals surface area (Å²) in [6.07, 6.45) is 2.00. The van der Waals surface area contributed by atoms with Crippen molar-refractivity contribution in [1.82, 2.24) is 15.1 Å². The summed E-state index contributed by atoms with van der Waals surface area (Å²) in [6.45, 7) is 2.81. The Morgan fingerprint density at radius 3 is 2.68 bits per heavy atom. The van der Waals surface area contributed by atoms with Gasteiger partial charge in [-0.15, -0.1) is 0 Å². The van der Waals surface area contributed by atoms with E-state index in [-0.39, 0.29) is 5.91 Å². The van der Waals surface area contributed by atoms with Crippen LogP contribution in [0.4, 0.5) is 0 Å². The summed E-state index contributed by atoms with van der Waals surface area (Å²) in [5, 5.41) is 3.48. The molecule has 0 saturated carbocycles. The second-order valence-corrected chi connectivity index (χ2v) is 7.47. The highest BCUT2D eigenvalue weighted by molar-refractivity contribution is 5.94. The van der Waals surface area contributed by atoms with Gasteiger partial charge >= 0.3 is 0 Å². The Balaban J connectivity index is 1.53. The van der Waals surface area contributed by atoms with E-state index in [0.717, 1.165) is 49.6 Å². The number of guanidine groups is 1. The predicted octanol–water partition coefficient (Wildman–Crippen LogP) is 3.00. The van der Waals surface area contributed by atoms with Gasteiger partial charge in [0.2, 0.25) is 0 Å². The first-order valence-electron chi connectivity index (χ1n) is 9.89. The largest absolute Gasteiger partial charge is 0.356 e. The first kappa shape index (κ1) is 19.9. The highest BCUT2D eigenvalue weighted by Crippen LogP contribution is 2.26. The van der Waals surface area contributed by atoms with Crippen molar-refractivity contribution in [2.45, 2.75) is 18.8 Å². The lowest BCUT2D eigenvalue weighted by Gasteiger charge is -2.22. The summed E-state index contributed by atoms with van der Waals surface area (Å²) in [5.41, 5.74) is 3.29. The van der Waals surface area contributed by atoms with Crippen LogP contribution >= 0.6 is 0 Å². The molecule has 0 aliphatic carbocycles. The summed E-state index contributed by atoms with van der Waals surface area (Å²) in [7, 11) is 5.40. The van der Waals surface area contributed by atoms with Crippen molar-refractivity contribution in [3.05, 3.63) is 71.3 Å². The van der Waals surface area contributed by atoms with E-state index in [1.807, 2.05) is 25.2 Å². The lowest BCUT2D eigenvalue weighted by Crippen LogP contribution is -2.40. The van der Waals surface area contributed by atoms with E-state index < -0.39 is 0 Å². The third-order valence-electron chi connectivity index (χ3n) is 5.25. The normalized spacial score (nSPS) is 16.9. The molecule has 0 radical (unpaired) electrons. The van der Waals surface area contributed by atoms with Crippen molar-refractivity contribution in [2.75, 3.05) is 40.8 Å². The number of aliphatic imine (C=N–C) groups is 1. The fraction of sp³-hybridized carbons (Fsp3) is 0.391. The molecular formula is C23H30N4O. The molecule has 1 amide bonds. The molecule has 2 aromatic rings. The number of hydrogen-bond donors (Lipinski definition) is 1. The van der Waals surface area contributed by atoms with Gasteiger partial charge in [-0.05, 0) is 36.1 Å². The molecule has 1 atom stereocenters. The SMILES string of the molecule is CN=C(NCCc1cccc(C(=O)N(C)C)c1)N1CCC(c2ccccc2)C1. The van der Waals surface area contributed by atoms with Gasteiger partial charge in [-0.25, -0.2) is 0 Å². The van der Waals surface area contributed by atoms with E-state index in [1.165, 1.54) is 5.56 Å². The molecule has 1 aliphatic rings. The summed E-state index contributed by atoms with van der Waals surface area (Å²) >= 11 is 0. The van der Waals surface area contributed by atoms with E-state index in [9.17, 15) is 4.79 Å². The van der Waals surface area contributed by atoms with Gasteiger partial charge in [-0.1, -0.05) is 42.5 Å². The summed E-state index contributed by atoms with van der Waals surface area (Å²) in [6, 6.07) is 18.6. The molecule has 28 heavy (non-hydrogen) atoms. The van der Waals surface area contributed by atoms with Crippen LogP contribution in [0.5, 0.6) is 0 Å². The zero-order chi connectivity index (χ0) is 19.9. The van der Waals surface area contributed by atoms with E-state index in [2.05, 4.69) is 51.6 Å². The van der Waals surface area contributed by atoms with E-state index >= 15 is 0 Å². The Hall–Kier alpha value is -2.82. The Morgan fingerprint density at radius 1 is 1.18 bits per heavy atom. The highest BCUT2D eigenvalue weighted by Gasteiger charge is 2.25. The minimum Gasteiger partial charge on any atom is -0.356 e. The number of likely N-dealkylation sites (tertiary alicyclic amines) is 1. The first-order chi connectivity index (χ1) is 13.6. The van der Waals surface area contributed by atoms with Gasteiger partial charge in [0.1, 0.15) is 0 Å². The van der Waals surface area contributed by atoms with Crippen LogP contribution < -0.4 is 5.32 Å². The Kier molecular flexibility index (Phi) is 6.69. The maximum absolute atomic E-state index is 12.1. The van der Waals surface area contributed by atoms with Crippen LogP contribution in [0.3, 0.4) is 0 Å². The van der Waals surface area contributed by atoms with Gasteiger partial charge in [0.15, 0.2) is 5.96 Å². The highest BCUT2D eigenvalue weighted by atomic mass is 16.2. The van der Waals surface area contributed by atoms with Crippen molar-refractivity contribution in [3.8, 4) is 0 Å². The molecular weight excluding hydrogens is 348 g/mol. The van der Waals surface area contributed by atoms with Crippen molar-refractivity contribution in [3.63, 3.8) is 0 Å². The van der Waals surface area contributed by atoms with Crippen LogP contribution in [0.2, 0.25) is 0 Å². The van der Waals surface area contributed by atoms with Gasteiger partial charge in [0.25, 0.3) is 5.91 Å². The molecule has 1 saturated heterocycles. The Labute approximate surface area is 168 Å². The number of carbonyl (C=O) groups excluding carboxylic acids is 1. The Bertz CT molecular complexity index is 816. The first-order valence-corrected chi connectivity index (χ1v) is 9.89. The molecule has 3 rings (SSSR count). The third kappa shape index (κ3) is 4.91. The summed E-state index contributed by atoms with van der Waals surface area (Å²) in [4.78, 5) is 20.5. The lowest BCUT2D eigenvalue weighted by atomic mass is 9.99. The molecule has 0 bridgehead atoms. The van der Waals surface area contributed by atoms with Gasteiger partial charge in [-0.3, -0.25) is 9.79 Å². The maximum Gasteiger partial charge on any atom is 0.253 e. The average molecular weight is 379 g/mol. The average Bonchev–Trinajstić information content (AvgIpc) is 3.21. The quantitative estimate of drug-likeness (QED) is 0.643. The molecule has 1 fully saturated rings. The van der Waals surface area contributed by atoms with Gasteiger partial charge < -0.3 is 15.1 Å². The molecule has 0 aromatic heterocycles. The molecule has 1 N–H and O–H groups in total. The fourth-order valence-electron chi connectivity index (χ4n) is 3.72. The number of hydrogen-bond acceptors (Lipinski definition) is 2. The smallest absolute Gasteiger partial charge is 0.253 e. The van der Waals surface area contributed by atoms with E-state index in [4.69, 9.17) is 0 Å². The van der Waals surface area contributed by atoms with Crippen LogP contribution in [0, 0.1) is 0 Å². The molecule has 1 aliphatic heterocycles. The van der Waals surface area contributed by atoms with Crippen LogP contribution in [0.15, 0.2) is 59.6 Å². The monoisotopic (exact) mass is 378 g/mol. The summed E-state index contributed by atoms with van der Waals surface area (Å²) in [5.74, 6) is 1.56. The molecule has 0 spiro atoms. The summed E-state index contributed by atoms with van der Waals surface area (Å²) < 4.78 is 0. The second-order valence-electron chi connectivity index (χ2n) is 7.47. The maximum atomic E-state index is 12.1. The van der Waals surface area contributed by atoms with Gasteiger partial charge in [-0.2, -0.15) is 0 Å². The van der Waals surface area contributed by atoms with Gasteiger partial charge in [0, 0.05) is 52.3 Å². The van der Waals surface area contributed by atoms with Crippen LogP contribution in [0.1, 0.15) is 33.8 Å². The second kappa shape index (κ2) is 9.40. The number of amides is 1. The number of rotatable bonds is 5. The van der Waals surface area contributed by atoms with Crippen molar-refractivity contribution >= 4 is 11.9 Å². The molecule has 1 heterocycles. The van der Waals surface area contributed by atoms with Crippen molar-refractivity contribution in [2.24, 2.45) is 4.99 Å². The minimum atomic E-state index is 0.0367. The molecule has 1 unspecified atom stereocenters. The zero-order valence-corrected chi connectivity index (χ0v) is 17.1. The standard InChI is InChI=1S/C23H30N4O/c1-24-23(27-15-13-21(17-27)19-9-5-4-6-10-19)25-14-12-18-8-7-11-20(16-18)22(28)26(2)3/h4-11,16,21H,12-15,17H2,1-3H3,(H,24,25). The zero-order valence-electron chi connectivity index (χ0n) is 17.1. The number of carbonyl (C=O) groups is 1. The predicted molar refractivity (Wildman–Crippen MR) is 115 cm³/mol. The van der Waals surface area contributed by atoms with E-state index in [0.29, 0.717) is 5.92 Å². The third-order valence-corrected chi connectivity index (χ3v) is 5.25. The van der Waals surface area contributed by atoms with Crippen LogP contribution in [0.25, 0.3) is 0 Å². The minimum absolute atomic E-state index is 0.0367. The molecule has 2 aromatic carbocycles. The molecule has 5 heteroatoms. The molecule has 5 nitrogen and oxygen atoms in total.